The second-order valence-electron chi connectivity index (χ2n) is 5.29. The summed E-state index contributed by atoms with van der Waals surface area (Å²) in [4.78, 5) is 4.43. The van der Waals surface area contributed by atoms with Gasteiger partial charge in [0.25, 0.3) is 0 Å². The van der Waals surface area contributed by atoms with Gasteiger partial charge in [-0.15, -0.1) is 11.6 Å². The molecule has 1 aromatic heterocycles. The molecule has 0 amide bonds. The van der Waals surface area contributed by atoms with Gasteiger partial charge in [-0.05, 0) is 68.7 Å². The molecule has 0 atom stereocenters. The molecule has 1 aromatic carbocycles. The largest absolute Gasteiger partial charge is 0.490 e. The van der Waals surface area contributed by atoms with Crippen molar-refractivity contribution in [2.24, 2.45) is 0 Å². The van der Waals surface area contributed by atoms with E-state index in [1.54, 1.807) is 6.20 Å². The predicted molar refractivity (Wildman–Crippen MR) is 84.5 cm³/mol. The summed E-state index contributed by atoms with van der Waals surface area (Å²) in [6.45, 7) is 8.22. The van der Waals surface area contributed by atoms with Crippen LogP contribution in [0.25, 0.3) is 11.3 Å². The second kappa shape index (κ2) is 6.27. The van der Waals surface area contributed by atoms with Gasteiger partial charge in [0.1, 0.15) is 5.75 Å². The standard InChI is InChI=1S/C17H20ClNO/c1-11(2)20-17-12(3)7-15(8-13(17)4)16-9-14(10-18)5-6-19-16/h5-9,11H,10H2,1-4H3. The van der Waals surface area contributed by atoms with Gasteiger partial charge in [-0.3, -0.25) is 4.98 Å². The Morgan fingerprint density at radius 2 is 1.80 bits per heavy atom. The maximum Gasteiger partial charge on any atom is 0.125 e. The molecule has 0 N–H and O–H groups in total. The van der Waals surface area contributed by atoms with Crippen molar-refractivity contribution in [1.82, 2.24) is 4.98 Å². The van der Waals surface area contributed by atoms with Gasteiger partial charge in [0.05, 0.1) is 11.8 Å². The van der Waals surface area contributed by atoms with Gasteiger partial charge in [0.2, 0.25) is 0 Å². The third kappa shape index (κ3) is 3.31. The molecular weight excluding hydrogens is 270 g/mol. The molecule has 0 bridgehead atoms. The lowest BCUT2D eigenvalue weighted by molar-refractivity contribution is 0.239. The molecule has 20 heavy (non-hydrogen) atoms. The molecule has 0 saturated carbocycles. The molecule has 2 rings (SSSR count). The lowest BCUT2D eigenvalue weighted by Gasteiger charge is -2.16. The zero-order chi connectivity index (χ0) is 14.7. The lowest BCUT2D eigenvalue weighted by Crippen LogP contribution is -2.08. The molecular formula is C17H20ClNO. The van der Waals surface area contributed by atoms with Crippen LogP contribution in [0.5, 0.6) is 5.75 Å². The molecule has 0 unspecified atom stereocenters. The number of nitrogens with zero attached hydrogens (tertiary/aromatic N) is 1. The number of alkyl halides is 1. The number of halogens is 1. The van der Waals surface area contributed by atoms with E-state index in [4.69, 9.17) is 16.3 Å². The Bertz CT molecular complexity index is 585. The number of ether oxygens (including phenoxy) is 1. The summed E-state index contributed by atoms with van der Waals surface area (Å²) >= 11 is 5.88. The Hall–Kier alpha value is -1.54. The first-order chi connectivity index (χ1) is 9.51. The maximum absolute atomic E-state index is 5.88. The Balaban J connectivity index is 2.43. The first kappa shape index (κ1) is 14.9. The van der Waals surface area contributed by atoms with E-state index >= 15 is 0 Å². The molecule has 2 nitrogen and oxygen atoms in total. The van der Waals surface area contributed by atoms with Crippen molar-refractivity contribution < 1.29 is 4.74 Å². The lowest BCUT2D eigenvalue weighted by atomic mass is 10.0. The Morgan fingerprint density at radius 3 is 2.35 bits per heavy atom. The van der Waals surface area contributed by atoms with E-state index in [-0.39, 0.29) is 6.10 Å². The Kier molecular flexibility index (Phi) is 4.66. The summed E-state index contributed by atoms with van der Waals surface area (Å²) in [7, 11) is 0. The van der Waals surface area contributed by atoms with Gasteiger partial charge in [0, 0.05) is 17.6 Å². The van der Waals surface area contributed by atoms with Crippen molar-refractivity contribution >= 4 is 11.6 Å². The average molecular weight is 290 g/mol. The first-order valence-electron chi connectivity index (χ1n) is 6.80. The topological polar surface area (TPSA) is 22.1 Å². The quantitative estimate of drug-likeness (QED) is 0.748. The summed E-state index contributed by atoms with van der Waals surface area (Å²) in [5, 5.41) is 0. The van der Waals surface area contributed by atoms with E-state index in [1.807, 2.05) is 26.0 Å². The van der Waals surface area contributed by atoms with Crippen LogP contribution in [0.1, 0.15) is 30.5 Å². The first-order valence-corrected chi connectivity index (χ1v) is 7.34. The molecule has 0 spiro atoms. The van der Waals surface area contributed by atoms with Crippen LogP contribution in [0.15, 0.2) is 30.5 Å². The minimum atomic E-state index is 0.177. The van der Waals surface area contributed by atoms with E-state index in [0.717, 1.165) is 33.7 Å². The smallest absolute Gasteiger partial charge is 0.125 e. The fourth-order valence-corrected chi connectivity index (χ4v) is 2.40. The van der Waals surface area contributed by atoms with Crippen molar-refractivity contribution in [1.29, 1.82) is 0 Å². The van der Waals surface area contributed by atoms with Crippen molar-refractivity contribution in [3.05, 3.63) is 47.2 Å². The average Bonchev–Trinajstić information content (AvgIpc) is 2.42. The van der Waals surface area contributed by atoms with Crippen molar-refractivity contribution in [3.63, 3.8) is 0 Å². The molecule has 0 aliphatic rings. The van der Waals surface area contributed by atoms with Crippen LogP contribution in [-0.4, -0.2) is 11.1 Å². The Morgan fingerprint density at radius 1 is 1.15 bits per heavy atom. The highest BCUT2D eigenvalue weighted by Gasteiger charge is 2.10. The monoisotopic (exact) mass is 289 g/mol. The van der Waals surface area contributed by atoms with Gasteiger partial charge < -0.3 is 4.74 Å². The molecule has 1 heterocycles. The van der Waals surface area contributed by atoms with Crippen LogP contribution in [0.4, 0.5) is 0 Å². The van der Waals surface area contributed by atoms with Gasteiger partial charge in [-0.25, -0.2) is 0 Å². The van der Waals surface area contributed by atoms with Crippen LogP contribution >= 0.6 is 11.6 Å². The molecule has 0 radical (unpaired) electrons. The zero-order valence-corrected chi connectivity index (χ0v) is 13.2. The normalized spacial score (nSPS) is 10.9. The highest BCUT2D eigenvalue weighted by Crippen LogP contribution is 2.30. The van der Waals surface area contributed by atoms with Gasteiger partial charge in [-0.1, -0.05) is 0 Å². The molecule has 106 valence electrons. The number of benzene rings is 1. The molecule has 0 aliphatic heterocycles. The molecule has 0 fully saturated rings. The summed E-state index contributed by atoms with van der Waals surface area (Å²) in [6.07, 6.45) is 1.98. The number of hydrogen-bond donors (Lipinski definition) is 0. The minimum absolute atomic E-state index is 0.177. The van der Waals surface area contributed by atoms with Gasteiger partial charge >= 0.3 is 0 Å². The van der Waals surface area contributed by atoms with Crippen LogP contribution in [0.3, 0.4) is 0 Å². The Labute approximate surface area is 125 Å². The predicted octanol–water partition coefficient (Wildman–Crippen LogP) is 4.89. The highest BCUT2D eigenvalue weighted by atomic mass is 35.5. The van der Waals surface area contributed by atoms with Gasteiger partial charge in [-0.2, -0.15) is 0 Å². The van der Waals surface area contributed by atoms with Gasteiger partial charge in [0.15, 0.2) is 0 Å². The zero-order valence-electron chi connectivity index (χ0n) is 12.4. The van der Waals surface area contributed by atoms with Crippen molar-refractivity contribution in [2.45, 2.75) is 39.7 Å². The number of aromatic nitrogens is 1. The fraction of sp³-hybridized carbons (Fsp3) is 0.353. The minimum Gasteiger partial charge on any atom is -0.490 e. The third-order valence-corrected chi connectivity index (χ3v) is 3.40. The number of aryl methyl sites for hydroxylation is 2. The number of pyridine rings is 1. The highest BCUT2D eigenvalue weighted by molar-refractivity contribution is 6.17. The summed E-state index contributed by atoms with van der Waals surface area (Å²) < 4.78 is 5.87. The van der Waals surface area contributed by atoms with E-state index in [0.29, 0.717) is 5.88 Å². The van der Waals surface area contributed by atoms with Crippen molar-refractivity contribution in [2.75, 3.05) is 0 Å². The summed E-state index contributed by atoms with van der Waals surface area (Å²) in [5.41, 5.74) is 5.39. The number of rotatable bonds is 4. The van der Waals surface area contributed by atoms with E-state index < -0.39 is 0 Å². The summed E-state index contributed by atoms with van der Waals surface area (Å²) in [5.74, 6) is 1.47. The fourth-order valence-electron chi connectivity index (χ4n) is 2.24. The van der Waals surface area contributed by atoms with Crippen LogP contribution in [0.2, 0.25) is 0 Å². The van der Waals surface area contributed by atoms with Crippen molar-refractivity contribution in [3.8, 4) is 17.0 Å². The third-order valence-electron chi connectivity index (χ3n) is 3.09. The van der Waals surface area contributed by atoms with Crippen LogP contribution in [0, 0.1) is 13.8 Å². The van der Waals surface area contributed by atoms with E-state index in [1.165, 1.54) is 0 Å². The molecule has 3 heteroatoms. The van der Waals surface area contributed by atoms with Crippen LogP contribution in [-0.2, 0) is 5.88 Å². The van der Waals surface area contributed by atoms with Crippen LogP contribution < -0.4 is 4.74 Å². The van der Waals surface area contributed by atoms with E-state index in [9.17, 15) is 0 Å². The van der Waals surface area contributed by atoms with E-state index in [2.05, 4.69) is 31.0 Å². The molecule has 0 saturated heterocycles. The SMILES string of the molecule is Cc1cc(-c2cc(CCl)ccn2)cc(C)c1OC(C)C. The second-order valence-corrected chi connectivity index (χ2v) is 5.56. The molecule has 0 aliphatic carbocycles. The summed E-state index contributed by atoms with van der Waals surface area (Å²) in [6, 6.07) is 8.20. The maximum atomic E-state index is 5.88. The molecule has 2 aromatic rings. The number of hydrogen-bond acceptors (Lipinski definition) is 2.